The Morgan fingerprint density at radius 2 is 1.90 bits per heavy atom. The first-order chi connectivity index (χ1) is 9.36. The summed E-state index contributed by atoms with van der Waals surface area (Å²) in [4.78, 5) is 29.1. The number of carbonyl (C=O) groups excluding carboxylic acids is 1. The van der Waals surface area contributed by atoms with Gasteiger partial charge in [0.25, 0.3) is 0 Å². The topological polar surface area (TPSA) is 64.1 Å². The maximum Gasteiger partial charge on any atom is 0.320 e. The van der Waals surface area contributed by atoms with Crippen molar-refractivity contribution in [2.24, 2.45) is 5.92 Å². The Bertz CT molecular complexity index is 341. The summed E-state index contributed by atoms with van der Waals surface area (Å²) >= 11 is 0. The second-order valence-electron chi connectivity index (χ2n) is 5.71. The van der Waals surface area contributed by atoms with Gasteiger partial charge in [0.05, 0.1) is 5.92 Å². The van der Waals surface area contributed by atoms with Crippen molar-refractivity contribution >= 4 is 12.0 Å². The van der Waals surface area contributed by atoms with E-state index in [9.17, 15) is 9.59 Å². The average molecular weight is 285 g/mol. The minimum Gasteiger partial charge on any atom is -0.481 e. The number of amides is 2. The highest BCUT2D eigenvalue weighted by molar-refractivity contribution is 5.76. The van der Waals surface area contributed by atoms with Crippen LogP contribution in [0.15, 0.2) is 0 Å². The molecule has 0 radical (unpaired) electrons. The molecule has 0 bridgehead atoms. The molecule has 1 atom stereocenters. The molecule has 0 spiro atoms. The van der Waals surface area contributed by atoms with Gasteiger partial charge >= 0.3 is 12.0 Å². The Kier molecular flexibility index (Phi) is 6.26. The van der Waals surface area contributed by atoms with Crippen molar-refractivity contribution in [3.05, 3.63) is 0 Å². The number of hydrogen-bond acceptors (Lipinski definition) is 3. The fourth-order valence-electron chi connectivity index (χ4n) is 2.51. The number of nitrogens with zero attached hydrogens (tertiary/aromatic N) is 3. The fraction of sp³-hybridized carbons (Fsp3) is 0.857. The molecule has 0 aromatic carbocycles. The summed E-state index contributed by atoms with van der Waals surface area (Å²) in [6, 6.07) is 0.197. The summed E-state index contributed by atoms with van der Waals surface area (Å²) in [6.07, 6.45) is 1.95. The van der Waals surface area contributed by atoms with Gasteiger partial charge in [0, 0.05) is 26.2 Å². The van der Waals surface area contributed by atoms with E-state index in [0.717, 1.165) is 25.9 Å². The third kappa shape index (κ3) is 4.37. The summed E-state index contributed by atoms with van der Waals surface area (Å²) in [5.41, 5.74) is 0. The van der Waals surface area contributed by atoms with E-state index in [1.54, 1.807) is 16.7 Å². The van der Waals surface area contributed by atoms with E-state index in [1.165, 1.54) is 0 Å². The zero-order valence-corrected chi connectivity index (χ0v) is 13.0. The third-order valence-electron chi connectivity index (χ3n) is 4.11. The van der Waals surface area contributed by atoms with Crippen LogP contribution in [-0.4, -0.2) is 78.1 Å². The average Bonchev–Trinajstić information content (AvgIpc) is 2.43. The Morgan fingerprint density at radius 3 is 2.35 bits per heavy atom. The second-order valence-corrected chi connectivity index (χ2v) is 5.71. The lowest BCUT2D eigenvalue weighted by Gasteiger charge is -2.37. The molecule has 20 heavy (non-hydrogen) atoms. The Morgan fingerprint density at radius 1 is 1.35 bits per heavy atom. The third-order valence-corrected chi connectivity index (χ3v) is 4.11. The molecule has 116 valence electrons. The molecule has 1 fully saturated rings. The molecule has 1 aliphatic rings. The van der Waals surface area contributed by atoms with Crippen molar-refractivity contribution in [3.63, 3.8) is 0 Å². The molecule has 1 N–H and O–H groups in total. The van der Waals surface area contributed by atoms with Gasteiger partial charge in [-0.05, 0) is 39.9 Å². The molecular weight excluding hydrogens is 258 g/mol. The number of hydrogen-bond donors (Lipinski definition) is 1. The molecule has 6 heteroatoms. The van der Waals surface area contributed by atoms with E-state index in [0.29, 0.717) is 6.54 Å². The van der Waals surface area contributed by atoms with E-state index in [4.69, 9.17) is 5.11 Å². The van der Waals surface area contributed by atoms with Gasteiger partial charge in [0.15, 0.2) is 0 Å². The number of aliphatic carboxylic acids is 1. The van der Waals surface area contributed by atoms with E-state index >= 15 is 0 Å². The Hall–Kier alpha value is -1.30. The molecule has 1 aliphatic heterocycles. The summed E-state index contributed by atoms with van der Waals surface area (Å²) in [5, 5.41) is 8.97. The molecule has 1 unspecified atom stereocenters. The minimum absolute atomic E-state index is 0.0600. The Balaban J connectivity index is 2.58. The molecule has 0 saturated carbocycles. The molecule has 0 aromatic heterocycles. The minimum atomic E-state index is -0.863. The maximum absolute atomic E-state index is 12.5. The lowest BCUT2D eigenvalue weighted by atomic mass is 10.0. The van der Waals surface area contributed by atoms with Gasteiger partial charge in [0.1, 0.15) is 0 Å². The van der Waals surface area contributed by atoms with Crippen LogP contribution in [0.25, 0.3) is 0 Å². The van der Waals surface area contributed by atoms with Crippen molar-refractivity contribution in [1.82, 2.24) is 14.7 Å². The quantitative estimate of drug-likeness (QED) is 0.823. The summed E-state index contributed by atoms with van der Waals surface area (Å²) in [5.74, 6) is -1.40. The zero-order valence-electron chi connectivity index (χ0n) is 13.0. The molecule has 0 aliphatic carbocycles. The van der Waals surface area contributed by atoms with Crippen molar-refractivity contribution < 1.29 is 14.7 Å². The van der Waals surface area contributed by atoms with Crippen LogP contribution in [-0.2, 0) is 4.79 Å². The van der Waals surface area contributed by atoms with Crippen molar-refractivity contribution in [1.29, 1.82) is 0 Å². The largest absolute Gasteiger partial charge is 0.481 e. The number of carboxylic acids is 1. The standard InChI is InChI=1S/C14H27N3O3/c1-5-17(10-11(2)13(18)19)14(20)16(4)12-6-8-15(3)9-7-12/h11-12H,5-10H2,1-4H3,(H,18,19). The zero-order chi connectivity index (χ0) is 15.3. The van der Waals surface area contributed by atoms with E-state index in [1.807, 2.05) is 14.0 Å². The second kappa shape index (κ2) is 7.47. The fourth-order valence-corrected chi connectivity index (χ4v) is 2.51. The number of piperidine rings is 1. The number of rotatable bonds is 5. The van der Waals surface area contributed by atoms with Crippen LogP contribution in [0.3, 0.4) is 0 Å². The summed E-state index contributed by atoms with van der Waals surface area (Å²) in [6.45, 7) is 6.32. The number of carbonyl (C=O) groups is 2. The first kappa shape index (κ1) is 16.8. The van der Waals surface area contributed by atoms with Crippen LogP contribution in [0.5, 0.6) is 0 Å². The van der Waals surface area contributed by atoms with Crippen molar-refractivity contribution in [3.8, 4) is 0 Å². The first-order valence-electron chi connectivity index (χ1n) is 7.29. The van der Waals surface area contributed by atoms with Gasteiger partial charge in [-0.25, -0.2) is 4.79 Å². The molecule has 1 rings (SSSR count). The van der Waals surface area contributed by atoms with Gasteiger partial charge in [-0.3, -0.25) is 4.79 Å². The van der Waals surface area contributed by atoms with Crippen LogP contribution in [0.1, 0.15) is 26.7 Å². The van der Waals surface area contributed by atoms with Crippen LogP contribution in [0.4, 0.5) is 4.79 Å². The van der Waals surface area contributed by atoms with Crippen LogP contribution in [0, 0.1) is 5.92 Å². The lowest BCUT2D eigenvalue weighted by molar-refractivity contribution is -0.141. The highest BCUT2D eigenvalue weighted by Crippen LogP contribution is 2.16. The van der Waals surface area contributed by atoms with Gasteiger partial charge in [-0.2, -0.15) is 0 Å². The first-order valence-corrected chi connectivity index (χ1v) is 7.29. The predicted octanol–water partition coefficient (Wildman–Crippen LogP) is 1.17. The highest BCUT2D eigenvalue weighted by atomic mass is 16.4. The maximum atomic E-state index is 12.5. The van der Waals surface area contributed by atoms with Crippen LogP contribution < -0.4 is 0 Å². The molecule has 1 saturated heterocycles. The molecule has 6 nitrogen and oxygen atoms in total. The predicted molar refractivity (Wildman–Crippen MR) is 77.7 cm³/mol. The van der Waals surface area contributed by atoms with E-state index in [2.05, 4.69) is 11.9 Å². The molecular formula is C14H27N3O3. The molecule has 2 amide bonds. The number of urea groups is 1. The SMILES string of the molecule is CCN(CC(C)C(=O)O)C(=O)N(C)C1CCN(C)CC1. The van der Waals surface area contributed by atoms with Gasteiger partial charge in [-0.15, -0.1) is 0 Å². The van der Waals surface area contributed by atoms with E-state index < -0.39 is 11.9 Å². The number of likely N-dealkylation sites (tertiary alicyclic amines) is 1. The summed E-state index contributed by atoms with van der Waals surface area (Å²) < 4.78 is 0. The van der Waals surface area contributed by atoms with Gasteiger partial charge < -0.3 is 19.8 Å². The number of carboxylic acid groups (broad SMARTS) is 1. The van der Waals surface area contributed by atoms with Gasteiger partial charge in [0.2, 0.25) is 0 Å². The lowest BCUT2D eigenvalue weighted by Crippen LogP contribution is -2.50. The molecule has 1 heterocycles. The summed E-state index contributed by atoms with van der Waals surface area (Å²) in [7, 11) is 3.91. The Labute approximate surface area is 121 Å². The normalized spacial score (nSPS) is 18.6. The van der Waals surface area contributed by atoms with Crippen molar-refractivity contribution in [2.45, 2.75) is 32.7 Å². The monoisotopic (exact) mass is 285 g/mol. The van der Waals surface area contributed by atoms with Gasteiger partial charge in [-0.1, -0.05) is 6.92 Å². The van der Waals surface area contributed by atoms with Crippen molar-refractivity contribution in [2.75, 3.05) is 40.3 Å². The van der Waals surface area contributed by atoms with Crippen LogP contribution >= 0.6 is 0 Å². The van der Waals surface area contributed by atoms with Crippen LogP contribution in [0.2, 0.25) is 0 Å². The highest BCUT2D eigenvalue weighted by Gasteiger charge is 2.28. The smallest absolute Gasteiger partial charge is 0.320 e. The van der Waals surface area contributed by atoms with E-state index in [-0.39, 0.29) is 18.6 Å². The molecule has 0 aromatic rings.